The standard InChI is InChI=1S/C47H62N6O3S2.C4H10.C3H6/c1-10-32(6)15-16-35(9)53-29-37-26-38(17-18-39(37)45(53)54)47(55)20-23-52(24-21-47)22-19-36-27-42(56-30(2)3)41(25-33(36)7)50-46-48-28-34(8)44(51-46)49-40-13-11-12-14-43(40)58(57)31(4)5;1-3-4-2;1-3-2/h11-14,17-18,25-28,30-31,35,55H,6,10,15-16,19-24,29H2,1-5,7-9H3,(H2,48,49,50,51);3-4H2,1-2H3;3H,1H2,2H3. The van der Waals surface area contributed by atoms with E-state index in [2.05, 4.69) is 112 Å². The van der Waals surface area contributed by atoms with Crippen LogP contribution >= 0.6 is 0 Å². The van der Waals surface area contributed by atoms with Crippen molar-refractivity contribution in [3.63, 3.8) is 0 Å². The van der Waals surface area contributed by atoms with E-state index >= 15 is 0 Å². The summed E-state index contributed by atoms with van der Waals surface area (Å²) >= 11 is 5.87. The lowest BCUT2D eigenvalue weighted by Gasteiger charge is -2.38. The number of carbonyl (C=O) groups excluding carboxylic acids is 1. The van der Waals surface area contributed by atoms with E-state index in [1.54, 1.807) is 6.08 Å². The predicted octanol–water partition coefficient (Wildman–Crippen LogP) is 12.8. The fourth-order valence-corrected chi connectivity index (χ4v) is 9.27. The quantitative estimate of drug-likeness (QED) is 0.0842. The molecule has 65 heavy (non-hydrogen) atoms. The van der Waals surface area contributed by atoms with Crippen LogP contribution in [0.5, 0.6) is 5.75 Å². The molecule has 0 bridgehead atoms. The van der Waals surface area contributed by atoms with Crippen LogP contribution in [0.3, 0.4) is 0 Å². The molecule has 6 rings (SSSR count). The third kappa shape index (κ3) is 14.8. The number of para-hydroxylation sites is 1. The Labute approximate surface area is 399 Å². The molecule has 11 heteroatoms. The molecule has 0 saturated carbocycles. The fourth-order valence-electron chi connectivity index (χ4n) is 7.77. The van der Waals surface area contributed by atoms with Crippen molar-refractivity contribution in [1.82, 2.24) is 19.8 Å². The number of ether oxygens (including phenoxy) is 1. The molecule has 4 aromatic rings. The van der Waals surface area contributed by atoms with Gasteiger partial charge in [-0.1, -0.05) is 99.4 Å². The maximum Gasteiger partial charge on any atom is 0.254 e. The number of fused-ring (bicyclic) bond motifs is 1. The Morgan fingerprint density at radius 3 is 2.29 bits per heavy atom. The number of aryl methyl sites for hydroxylation is 2. The maximum absolute atomic E-state index is 13.3. The van der Waals surface area contributed by atoms with Crippen molar-refractivity contribution in [2.24, 2.45) is 0 Å². The zero-order valence-electron chi connectivity index (χ0n) is 41.4. The lowest BCUT2D eigenvalue weighted by Crippen LogP contribution is -2.43. The van der Waals surface area contributed by atoms with Gasteiger partial charge in [-0.3, -0.25) is 4.79 Å². The zero-order valence-corrected chi connectivity index (χ0v) is 43.0. The van der Waals surface area contributed by atoms with E-state index in [0.717, 1.165) is 101 Å². The number of unbranched alkanes of at least 4 members (excludes halogenated alkanes) is 1. The number of piperidine rings is 1. The summed E-state index contributed by atoms with van der Waals surface area (Å²) < 4.78 is 6.36. The summed E-state index contributed by atoms with van der Waals surface area (Å²) in [6, 6.07) is 18.6. The summed E-state index contributed by atoms with van der Waals surface area (Å²) in [6.45, 7) is 33.6. The second kappa shape index (κ2) is 25.5. The number of hydrogen-bond donors (Lipinski definition) is 3. The van der Waals surface area contributed by atoms with Gasteiger partial charge in [0.05, 0.1) is 23.1 Å². The zero-order chi connectivity index (χ0) is 47.8. The molecule has 2 aliphatic rings. The van der Waals surface area contributed by atoms with Crippen LogP contribution in [0.1, 0.15) is 145 Å². The topological polar surface area (TPSA) is 103 Å². The van der Waals surface area contributed by atoms with Crippen molar-refractivity contribution in [3.05, 3.63) is 119 Å². The number of amides is 1. The number of aromatic nitrogens is 2. The third-order valence-corrected chi connectivity index (χ3v) is 15.4. The van der Waals surface area contributed by atoms with Crippen molar-refractivity contribution < 1.29 is 14.6 Å². The molecule has 3 aromatic carbocycles. The van der Waals surface area contributed by atoms with Gasteiger partial charge in [0.25, 0.3) is 5.91 Å². The number of rotatable bonds is 18. The van der Waals surface area contributed by atoms with Gasteiger partial charge in [-0.05, 0) is 144 Å². The van der Waals surface area contributed by atoms with E-state index in [1.165, 1.54) is 24.0 Å². The Morgan fingerprint density at radius 1 is 0.985 bits per heavy atom. The number of nitrogens with one attached hydrogen (secondary N) is 2. The first kappa shape index (κ1) is 53.2. The van der Waals surface area contributed by atoms with Crippen molar-refractivity contribution in [3.8, 4) is 5.75 Å². The molecule has 2 unspecified atom stereocenters. The van der Waals surface area contributed by atoms with Crippen LogP contribution in [0, 0.1) is 13.8 Å². The molecule has 0 spiro atoms. The van der Waals surface area contributed by atoms with E-state index in [-0.39, 0.29) is 27.5 Å². The number of anilines is 4. The SMILES string of the molecule is C=C(CC)CCC(C)N1Cc2cc(C3(O)CCN(CCc4cc(OC(C)C)c(Nc5ncc(C)c(Nc6ccccc6S(=S)C(C)C)n5)cc4C)CC3)ccc2C1=O.C=CC.CCCC. The van der Waals surface area contributed by atoms with Crippen LogP contribution in [0.25, 0.3) is 0 Å². The number of allylic oxidation sites excluding steroid dienone is 2. The van der Waals surface area contributed by atoms with Gasteiger partial charge in [-0.2, -0.15) is 4.98 Å². The Balaban J connectivity index is 0.00000124. The van der Waals surface area contributed by atoms with Crippen molar-refractivity contribution >= 4 is 49.7 Å². The van der Waals surface area contributed by atoms with Crippen LogP contribution in [-0.4, -0.2) is 67.8 Å². The molecule has 1 fully saturated rings. The molecule has 1 aromatic heterocycles. The number of aliphatic hydroxyl groups is 1. The predicted molar refractivity (Wildman–Crippen MR) is 279 cm³/mol. The van der Waals surface area contributed by atoms with Crippen molar-refractivity contribution in [2.75, 3.05) is 30.3 Å². The van der Waals surface area contributed by atoms with Gasteiger partial charge in [0.2, 0.25) is 5.95 Å². The molecule has 1 amide bonds. The second-order valence-electron chi connectivity index (χ2n) is 18.1. The average Bonchev–Trinajstić information content (AvgIpc) is 3.62. The second-order valence-corrected chi connectivity index (χ2v) is 21.1. The van der Waals surface area contributed by atoms with Crippen LogP contribution in [0.15, 0.2) is 90.5 Å². The molecule has 3 N–H and O–H groups in total. The first-order valence-corrected chi connectivity index (χ1v) is 26.0. The van der Waals surface area contributed by atoms with Crippen molar-refractivity contribution in [1.29, 1.82) is 0 Å². The molecule has 3 heterocycles. The highest BCUT2D eigenvalue weighted by Gasteiger charge is 2.37. The summed E-state index contributed by atoms with van der Waals surface area (Å²) in [7, 11) is -0.330. The van der Waals surface area contributed by atoms with Gasteiger partial charge in [0.15, 0.2) is 0 Å². The number of carbonyl (C=O) groups is 1. The minimum absolute atomic E-state index is 0.0215. The average molecular weight is 923 g/mol. The molecule has 9 nitrogen and oxygen atoms in total. The monoisotopic (exact) mass is 923 g/mol. The van der Waals surface area contributed by atoms with E-state index in [9.17, 15) is 9.90 Å². The van der Waals surface area contributed by atoms with E-state index < -0.39 is 5.60 Å². The van der Waals surface area contributed by atoms with E-state index in [0.29, 0.717) is 30.6 Å². The van der Waals surface area contributed by atoms with Gasteiger partial charge in [0, 0.05) is 59.7 Å². The number of benzene rings is 3. The van der Waals surface area contributed by atoms with Crippen LogP contribution in [0.2, 0.25) is 0 Å². The molecular weight excluding hydrogens is 845 g/mol. The van der Waals surface area contributed by atoms with Crippen LogP contribution < -0.4 is 15.4 Å². The molecular formula is C54H78N6O3S2. The normalized spacial score (nSPS) is 15.3. The van der Waals surface area contributed by atoms with Gasteiger partial charge in [0.1, 0.15) is 11.6 Å². The summed E-state index contributed by atoms with van der Waals surface area (Å²) in [5.41, 5.74) is 8.11. The lowest BCUT2D eigenvalue weighted by molar-refractivity contribution is -0.0256. The number of nitrogens with zero attached hydrogens (tertiary/aromatic N) is 4. The highest BCUT2D eigenvalue weighted by atomic mass is 32.8. The smallest absolute Gasteiger partial charge is 0.254 e. The maximum atomic E-state index is 13.3. The minimum Gasteiger partial charge on any atom is -0.489 e. The number of hydrogen-bond acceptors (Lipinski definition) is 9. The van der Waals surface area contributed by atoms with Gasteiger partial charge in [-0.25, -0.2) is 4.98 Å². The van der Waals surface area contributed by atoms with Gasteiger partial charge < -0.3 is 30.3 Å². The Kier molecular flexibility index (Phi) is 20.9. The molecule has 0 radical (unpaired) electrons. The molecule has 354 valence electrons. The summed E-state index contributed by atoms with van der Waals surface area (Å²) in [5.74, 6) is 2.05. The summed E-state index contributed by atoms with van der Waals surface area (Å²) in [5, 5.41) is 19.2. The third-order valence-electron chi connectivity index (χ3n) is 12.1. The Hall–Kier alpha value is -4.42. The first-order valence-electron chi connectivity index (χ1n) is 23.8. The van der Waals surface area contributed by atoms with Crippen LogP contribution in [0.4, 0.5) is 23.1 Å². The molecule has 0 aliphatic carbocycles. The highest BCUT2D eigenvalue weighted by Crippen LogP contribution is 2.37. The minimum atomic E-state index is -0.910. The fraction of sp³-hybridized carbons (Fsp3) is 0.500. The van der Waals surface area contributed by atoms with E-state index in [4.69, 9.17) is 20.9 Å². The lowest BCUT2D eigenvalue weighted by atomic mass is 9.83. The summed E-state index contributed by atoms with van der Waals surface area (Å²) in [6.07, 6.45) is 11.2. The molecule has 1 saturated heterocycles. The highest BCUT2D eigenvalue weighted by molar-refractivity contribution is 8.29. The van der Waals surface area contributed by atoms with Gasteiger partial charge >= 0.3 is 0 Å². The first-order chi connectivity index (χ1) is 31.0. The van der Waals surface area contributed by atoms with Crippen LogP contribution in [-0.2, 0) is 39.2 Å². The molecule has 2 atom stereocenters. The van der Waals surface area contributed by atoms with Crippen molar-refractivity contribution in [2.45, 2.75) is 162 Å². The number of likely N-dealkylation sites (tertiary alicyclic amines) is 1. The van der Waals surface area contributed by atoms with E-state index in [1.807, 2.05) is 63.1 Å². The molecule has 2 aliphatic heterocycles. The van der Waals surface area contributed by atoms with Gasteiger partial charge in [-0.15, -0.1) is 6.58 Å². The summed E-state index contributed by atoms with van der Waals surface area (Å²) in [4.78, 5) is 28.3. The Bertz CT molecular complexity index is 2230. The largest absolute Gasteiger partial charge is 0.489 e. The Morgan fingerprint density at radius 2 is 1.66 bits per heavy atom.